The molecule has 0 unspecified atom stereocenters. The quantitative estimate of drug-likeness (QED) is 0.443. The molecule has 1 aromatic rings. The zero-order valence-electron chi connectivity index (χ0n) is 11.7. The topological polar surface area (TPSA) is 82.6 Å². The van der Waals surface area contributed by atoms with Crippen LogP contribution >= 0.6 is 0 Å². The molecule has 0 radical (unpaired) electrons. The number of carbonyl (C=O) groups excluding carboxylic acids is 3. The SMILES string of the molecule is CCOC(=O)C(C(=O)OCC)C(=O)c1cc(C)ccn1. The van der Waals surface area contributed by atoms with Crippen LogP contribution in [-0.4, -0.2) is 35.9 Å². The van der Waals surface area contributed by atoms with Crippen molar-refractivity contribution in [3.05, 3.63) is 29.6 Å². The summed E-state index contributed by atoms with van der Waals surface area (Å²) in [6, 6.07) is 3.22. The van der Waals surface area contributed by atoms with Crippen molar-refractivity contribution in [1.82, 2.24) is 4.98 Å². The lowest BCUT2D eigenvalue weighted by molar-refractivity contribution is -0.158. The number of nitrogens with zero attached hydrogens (tertiary/aromatic N) is 1. The van der Waals surface area contributed by atoms with Crippen molar-refractivity contribution in [2.45, 2.75) is 20.8 Å². The lowest BCUT2D eigenvalue weighted by Gasteiger charge is -2.13. The number of aryl methyl sites for hydroxylation is 1. The van der Waals surface area contributed by atoms with Crippen molar-refractivity contribution in [3.63, 3.8) is 0 Å². The van der Waals surface area contributed by atoms with Crippen LogP contribution < -0.4 is 0 Å². The minimum Gasteiger partial charge on any atom is -0.465 e. The zero-order chi connectivity index (χ0) is 15.1. The fraction of sp³-hybridized carbons (Fsp3) is 0.429. The molecule has 1 heterocycles. The van der Waals surface area contributed by atoms with Crippen molar-refractivity contribution < 1.29 is 23.9 Å². The van der Waals surface area contributed by atoms with Gasteiger partial charge in [0.15, 0.2) is 0 Å². The number of pyridine rings is 1. The number of ketones is 1. The van der Waals surface area contributed by atoms with E-state index >= 15 is 0 Å². The third kappa shape index (κ3) is 3.88. The van der Waals surface area contributed by atoms with Crippen LogP contribution in [0.4, 0.5) is 0 Å². The van der Waals surface area contributed by atoms with Crippen molar-refractivity contribution >= 4 is 17.7 Å². The van der Waals surface area contributed by atoms with Gasteiger partial charge in [-0.15, -0.1) is 0 Å². The third-order valence-electron chi connectivity index (χ3n) is 2.47. The van der Waals surface area contributed by atoms with Crippen LogP contribution in [0.1, 0.15) is 29.9 Å². The van der Waals surface area contributed by atoms with Crippen LogP contribution in [-0.2, 0) is 19.1 Å². The summed E-state index contributed by atoms with van der Waals surface area (Å²) in [5, 5.41) is 0. The number of hydrogen-bond acceptors (Lipinski definition) is 6. The second-order valence-electron chi connectivity index (χ2n) is 4.02. The predicted molar refractivity (Wildman–Crippen MR) is 70.1 cm³/mol. The van der Waals surface area contributed by atoms with Gasteiger partial charge in [-0.25, -0.2) is 0 Å². The number of Topliss-reactive ketones (excluding diaryl/α,β-unsaturated/α-hetero) is 1. The Balaban J connectivity index is 3.06. The Bertz CT molecular complexity index is 494. The molecule has 0 saturated heterocycles. The molecule has 0 spiro atoms. The van der Waals surface area contributed by atoms with Crippen LogP contribution in [0.3, 0.4) is 0 Å². The third-order valence-corrected chi connectivity index (χ3v) is 2.47. The molecule has 6 heteroatoms. The van der Waals surface area contributed by atoms with Gasteiger partial charge < -0.3 is 9.47 Å². The molecule has 0 atom stereocenters. The van der Waals surface area contributed by atoms with Gasteiger partial charge in [0.05, 0.1) is 13.2 Å². The van der Waals surface area contributed by atoms with E-state index in [1.54, 1.807) is 26.8 Å². The summed E-state index contributed by atoms with van der Waals surface area (Å²) in [5.74, 6) is -4.17. The number of ether oxygens (including phenoxy) is 2. The second-order valence-corrected chi connectivity index (χ2v) is 4.02. The predicted octanol–water partition coefficient (Wildman–Crippen LogP) is 1.32. The summed E-state index contributed by atoms with van der Waals surface area (Å²) in [7, 11) is 0. The van der Waals surface area contributed by atoms with E-state index in [0.29, 0.717) is 0 Å². The molecular formula is C14H17NO5. The fourth-order valence-corrected chi connectivity index (χ4v) is 1.58. The van der Waals surface area contributed by atoms with Crippen LogP contribution in [0.5, 0.6) is 0 Å². The zero-order valence-corrected chi connectivity index (χ0v) is 11.7. The molecule has 0 N–H and O–H groups in total. The molecule has 0 aliphatic rings. The summed E-state index contributed by atoms with van der Waals surface area (Å²) in [6.45, 7) is 5.11. The number of hydrogen-bond donors (Lipinski definition) is 0. The van der Waals surface area contributed by atoms with Gasteiger partial charge in [-0.2, -0.15) is 0 Å². The van der Waals surface area contributed by atoms with E-state index in [-0.39, 0.29) is 18.9 Å². The Morgan fingerprint density at radius 2 is 1.70 bits per heavy atom. The van der Waals surface area contributed by atoms with Crippen LogP contribution in [0.25, 0.3) is 0 Å². The molecule has 0 amide bonds. The Morgan fingerprint density at radius 3 is 2.15 bits per heavy atom. The maximum absolute atomic E-state index is 12.3. The maximum Gasteiger partial charge on any atom is 0.328 e. The first-order chi connectivity index (χ1) is 9.51. The Hall–Kier alpha value is -2.24. The summed E-state index contributed by atoms with van der Waals surface area (Å²) >= 11 is 0. The van der Waals surface area contributed by atoms with Gasteiger partial charge in [0, 0.05) is 6.20 Å². The van der Waals surface area contributed by atoms with Gasteiger partial charge in [0.1, 0.15) is 5.69 Å². The van der Waals surface area contributed by atoms with Crippen LogP contribution in [0.2, 0.25) is 0 Å². The average molecular weight is 279 g/mol. The lowest BCUT2D eigenvalue weighted by Crippen LogP contribution is -2.35. The van der Waals surface area contributed by atoms with E-state index in [2.05, 4.69) is 4.98 Å². The van der Waals surface area contributed by atoms with E-state index in [9.17, 15) is 14.4 Å². The Morgan fingerprint density at radius 1 is 1.15 bits per heavy atom. The molecule has 1 rings (SSSR count). The molecule has 0 aromatic carbocycles. The number of carbonyl (C=O) groups is 3. The summed E-state index contributed by atoms with van der Waals surface area (Å²) in [6.07, 6.45) is 1.44. The first kappa shape index (κ1) is 15.8. The molecule has 20 heavy (non-hydrogen) atoms. The number of rotatable bonds is 6. The van der Waals surface area contributed by atoms with Gasteiger partial charge in [0.25, 0.3) is 0 Å². The number of aromatic nitrogens is 1. The minimum absolute atomic E-state index is 0.0381. The van der Waals surface area contributed by atoms with E-state index < -0.39 is 23.6 Å². The minimum atomic E-state index is -1.62. The molecule has 0 fully saturated rings. The van der Waals surface area contributed by atoms with Crippen LogP contribution in [0.15, 0.2) is 18.3 Å². The summed E-state index contributed by atoms with van der Waals surface area (Å²) in [4.78, 5) is 39.7. The van der Waals surface area contributed by atoms with Gasteiger partial charge >= 0.3 is 11.9 Å². The average Bonchev–Trinajstić information content (AvgIpc) is 2.39. The van der Waals surface area contributed by atoms with Crippen molar-refractivity contribution in [3.8, 4) is 0 Å². The molecule has 1 aromatic heterocycles. The van der Waals surface area contributed by atoms with E-state index in [4.69, 9.17) is 9.47 Å². The standard InChI is InChI=1S/C14H17NO5/c1-4-19-13(17)11(14(18)20-5-2)12(16)10-8-9(3)6-7-15-10/h6-8,11H,4-5H2,1-3H3. The Labute approximate surface area is 117 Å². The largest absolute Gasteiger partial charge is 0.465 e. The highest BCUT2D eigenvalue weighted by Crippen LogP contribution is 2.12. The van der Waals surface area contributed by atoms with Crippen molar-refractivity contribution in [1.29, 1.82) is 0 Å². The molecule has 108 valence electrons. The summed E-state index contributed by atoms with van der Waals surface area (Å²) < 4.78 is 9.51. The van der Waals surface area contributed by atoms with Crippen molar-refractivity contribution in [2.75, 3.05) is 13.2 Å². The normalized spacial score (nSPS) is 10.2. The van der Waals surface area contributed by atoms with Gasteiger partial charge in [0.2, 0.25) is 11.7 Å². The highest BCUT2D eigenvalue weighted by atomic mass is 16.6. The van der Waals surface area contributed by atoms with E-state index in [1.165, 1.54) is 12.3 Å². The van der Waals surface area contributed by atoms with Crippen molar-refractivity contribution in [2.24, 2.45) is 5.92 Å². The van der Waals surface area contributed by atoms with Gasteiger partial charge in [-0.1, -0.05) is 0 Å². The molecule has 0 aliphatic carbocycles. The highest BCUT2D eigenvalue weighted by Gasteiger charge is 2.38. The lowest BCUT2D eigenvalue weighted by atomic mass is 10.0. The molecular weight excluding hydrogens is 262 g/mol. The fourth-order valence-electron chi connectivity index (χ4n) is 1.58. The first-order valence-electron chi connectivity index (χ1n) is 6.31. The highest BCUT2D eigenvalue weighted by molar-refractivity contribution is 6.20. The first-order valence-corrected chi connectivity index (χ1v) is 6.31. The van der Waals surface area contributed by atoms with E-state index in [0.717, 1.165) is 5.56 Å². The maximum atomic E-state index is 12.3. The molecule has 0 aliphatic heterocycles. The second kappa shape index (κ2) is 7.37. The van der Waals surface area contributed by atoms with E-state index in [1.807, 2.05) is 0 Å². The summed E-state index contributed by atoms with van der Waals surface area (Å²) in [5.41, 5.74) is 0.839. The van der Waals surface area contributed by atoms with Gasteiger partial charge in [-0.3, -0.25) is 19.4 Å². The van der Waals surface area contributed by atoms with Crippen LogP contribution in [0, 0.1) is 12.8 Å². The molecule has 0 saturated carbocycles. The number of esters is 2. The monoisotopic (exact) mass is 279 g/mol. The molecule has 0 bridgehead atoms. The van der Waals surface area contributed by atoms with Gasteiger partial charge in [-0.05, 0) is 38.5 Å². The molecule has 6 nitrogen and oxygen atoms in total. The smallest absolute Gasteiger partial charge is 0.328 e. The Kier molecular flexibility index (Phi) is 5.83.